The Balaban J connectivity index is 1.90. The summed E-state index contributed by atoms with van der Waals surface area (Å²) in [5.74, 6) is -0.218. The summed E-state index contributed by atoms with van der Waals surface area (Å²) < 4.78 is 35.6. The lowest BCUT2D eigenvalue weighted by atomic mass is 10.1. The van der Waals surface area contributed by atoms with Crippen molar-refractivity contribution in [1.29, 1.82) is 0 Å². The second kappa shape index (κ2) is 5.88. The van der Waals surface area contributed by atoms with Gasteiger partial charge in [-0.2, -0.15) is 4.98 Å². The molecule has 0 saturated carbocycles. The number of anilines is 1. The fraction of sp³-hybridized carbons (Fsp3) is 0.500. The minimum Gasteiger partial charge on any atom is -0.387 e. The molecule has 12 nitrogen and oxygen atoms in total. The fourth-order valence-electron chi connectivity index (χ4n) is 2.37. The maximum Gasteiger partial charge on any atom is 0.469 e. The Hall–Kier alpha value is -1.89. The number of imidazole rings is 1. The van der Waals surface area contributed by atoms with Crippen LogP contribution in [0, 0.1) is 0 Å². The van der Waals surface area contributed by atoms with Crippen LogP contribution in [0.4, 0.5) is 10.3 Å². The van der Waals surface area contributed by atoms with Crippen molar-refractivity contribution in [3.05, 3.63) is 16.7 Å². The summed E-state index contributed by atoms with van der Waals surface area (Å²) in [6, 6.07) is 0. The van der Waals surface area contributed by atoms with Crippen molar-refractivity contribution in [3.8, 4) is 0 Å². The molecule has 6 N–H and O–H groups in total. The van der Waals surface area contributed by atoms with Gasteiger partial charge < -0.3 is 25.4 Å². The fourth-order valence-corrected chi connectivity index (χ4v) is 2.71. The predicted molar refractivity (Wildman–Crippen MR) is 75.4 cm³/mol. The second-order valence-corrected chi connectivity index (χ2v) is 6.30. The predicted octanol–water partition coefficient (Wildman–Crippen LogP) is -1.59. The number of fused-ring (bicyclic) bond motifs is 1. The number of phosphoric acid groups is 1. The highest BCUT2D eigenvalue weighted by atomic mass is 31.2. The standard InChI is InChI=1S/C10H13FN5O7P/c11-4-6(17)3(1-22-24(19,20)21)23-9(4)16-2-13-5-7(16)14-10(12)15-8(5)18/h2-4,6,9,17H,1H2,(H2,19,20,21)(H3,12,14,15,18)/t3-,4?,6+,9-/m1/s1. The van der Waals surface area contributed by atoms with Gasteiger partial charge >= 0.3 is 7.82 Å². The van der Waals surface area contributed by atoms with Gasteiger partial charge in [-0.05, 0) is 0 Å². The van der Waals surface area contributed by atoms with Crippen LogP contribution in [0.25, 0.3) is 11.2 Å². The Morgan fingerprint density at radius 2 is 2.25 bits per heavy atom. The number of nitrogen functional groups attached to an aromatic ring is 1. The molecule has 1 fully saturated rings. The lowest BCUT2D eigenvalue weighted by Gasteiger charge is -2.15. The van der Waals surface area contributed by atoms with E-state index in [0.29, 0.717) is 0 Å². The van der Waals surface area contributed by atoms with E-state index >= 15 is 0 Å². The van der Waals surface area contributed by atoms with Gasteiger partial charge in [-0.25, -0.2) is 13.9 Å². The molecule has 1 saturated heterocycles. The number of nitrogens with zero attached hydrogens (tertiary/aromatic N) is 3. The Morgan fingerprint density at radius 3 is 2.92 bits per heavy atom. The number of ether oxygens (including phenoxy) is 1. The van der Waals surface area contributed by atoms with Gasteiger partial charge in [-0.3, -0.25) is 18.9 Å². The number of halogens is 1. The van der Waals surface area contributed by atoms with Crippen LogP contribution < -0.4 is 11.3 Å². The third-order valence-corrected chi connectivity index (χ3v) is 3.91. The molecule has 0 spiro atoms. The lowest BCUT2D eigenvalue weighted by molar-refractivity contribution is -0.0451. The third-order valence-electron chi connectivity index (χ3n) is 3.43. The summed E-state index contributed by atoms with van der Waals surface area (Å²) in [6.45, 7) is -0.731. The number of rotatable bonds is 4. The van der Waals surface area contributed by atoms with E-state index in [-0.39, 0.29) is 17.1 Å². The van der Waals surface area contributed by atoms with Crippen LogP contribution >= 0.6 is 7.82 Å². The maximum absolute atomic E-state index is 14.3. The minimum absolute atomic E-state index is 0.0624. The van der Waals surface area contributed by atoms with Gasteiger partial charge in [0.25, 0.3) is 5.56 Å². The van der Waals surface area contributed by atoms with Crippen LogP contribution in [0.15, 0.2) is 11.1 Å². The van der Waals surface area contributed by atoms with Crippen LogP contribution in [0.2, 0.25) is 0 Å². The Morgan fingerprint density at radius 1 is 1.54 bits per heavy atom. The summed E-state index contributed by atoms with van der Waals surface area (Å²) in [5, 5.41) is 9.83. The number of hydrogen-bond acceptors (Lipinski definition) is 8. The van der Waals surface area contributed by atoms with Gasteiger partial charge in [0.2, 0.25) is 5.95 Å². The molecule has 1 aliphatic heterocycles. The van der Waals surface area contributed by atoms with Crippen molar-refractivity contribution in [2.24, 2.45) is 0 Å². The van der Waals surface area contributed by atoms with Crippen molar-refractivity contribution in [2.75, 3.05) is 12.3 Å². The monoisotopic (exact) mass is 365 g/mol. The summed E-state index contributed by atoms with van der Waals surface area (Å²) >= 11 is 0. The average molecular weight is 365 g/mol. The summed E-state index contributed by atoms with van der Waals surface area (Å²) in [4.78, 5) is 38.9. The Bertz CT molecular complexity index is 865. The molecule has 3 heterocycles. The highest BCUT2D eigenvalue weighted by molar-refractivity contribution is 7.46. The number of phosphoric ester groups is 1. The number of nitrogens with two attached hydrogens (primary N) is 1. The van der Waals surface area contributed by atoms with Gasteiger partial charge in [0.05, 0.1) is 12.9 Å². The number of hydrogen-bond donors (Lipinski definition) is 5. The summed E-state index contributed by atoms with van der Waals surface area (Å²) in [5.41, 5.74) is 4.64. The van der Waals surface area contributed by atoms with Gasteiger partial charge in [0.15, 0.2) is 23.6 Å². The number of alkyl halides is 1. The number of nitrogens with one attached hydrogen (secondary N) is 1. The Kier molecular flexibility index (Phi) is 4.15. The van der Waals surface area contributed by atoms with Gasteiger partial charge in [0, 0.05) is 0 Å². The van der Waals surface area contributed by atoms with E-state index in [1.807, 2.05) is 0 Å². The molecule has 0 amide bonds. The highest BCUT2D eigenvalue weighted by Crippen LogP contribution is 2.39. The first-order chi connectivity index (χ1) is 11.2. The van der Waals surface area contributed by atoms with Crippen LogP contribution in [-0.2, 0) is 13.8 Å². The maximum atomic E-state index is 14.3. The number of aliphatic hydroxyl groups is 1. The molecule has 0 bridgehead atoms. The van der Waals surface area contributed by atoms with Crippen LogP contribution in [-0.4, -0.2) is 59.4 Å². The zero-order chi connectivity index (χ0) is 17.6. The second-order valence-electron chi connectivity index (χ2n) is 5.06. The number of H-pyrrole nitrogens is 1. The molecule has 2 aromatic heterocycles. The molecular formula is C10H13FN5O7P. The van der Waals surface area contributed by atoms with Crippen LogP contribution in [0.3, 0.4) is 0 Å². The zero-order valence-electron chi connectivity index (χ0n) is 11.8. The van der Waals surface area contributed by atoms with Gasteiger partial charge in [-0.1, -0.05) is 0 Å². The van der Waals surface area contributed by atoms with Gasteiger partial charge in [0.1, 0.15) is 12.2 Å². The largest absolute Gasteiger partial charge is 0.469 e. The highest BCUT2D eigenvalue weighted by Gasteiger charge is 2.46. The molecule has 4 atom stereocenters. The smallest absolute Gasteiger partial charge is 0.387 e. The molecule has 132 valence electrons. The summed E-state index contributed by atoms with van der Waals surface area (Å²) in [7, 11) is -4.80. The van der Waals surface area contributed by atoms with E-state index in [4.69, 9.17) is 20.3 Å². The molecule has 1 aliphatic rings. The molecule has 24 heavy (non-hydrogen) atoms. The van der Waals surface area contributed by atoms with Crippen LogP contribution in [0.5, 0.6) is 0 Å². The van der Waals surface area contributed by atoms with Crippen LogP contribution in [0.1, 0.15) is 6.23 Å². The molecule has 0 aromatic carbocycles. The lowest BCUT2D eigenvalue weighted by Crippen LogP contribution is -2.31. The first-order valence-electron chi connectivity index (χ1n) is 6.57. The van der Waals surface area contributed by atoms with Crippen molar-refractivity contribution >= 4 is 24.9 Å². The van der Waals surface area contributed by atoms with E-state index in [1.54, 1.807) is 0 Å². The van der Waals surface area contributed by atoms with E-state index in [1.165, 1.54) is 0 Å². The molecule has 3 rings (SSSR count). The zero-order valence-corrected chi connectivity index (χ0v) is 12.7. The van der Waals surface area contributed by atoms with Crippen molar-refractivity contribution in [1.82, 2.24) is 19.5 Å². The third kappa shape index (κ3) is 3.05. The molecule has 14 heteroatoms. The number of aliphatic hydroxyl groups excluding tert-OH is 1. The van der Waals surface area contributed by atoms with Crippen molar-refractivity contribution in [3.63, 3.8) is 0 Å². The molecule has 0 aliphatic carbocycles. The van der Waals surface area contributed by atoms with E-state index < -0.39 is 44.6 Å². The van der Waals surface area contributed by atoms with Crippen molar-refractivity contribution in [2.45, 2.75) is 24.6 Å². The van der Waals surface area contributed by atoms with Crippen molar-refractivity contribution < 1.29 is 33.1 Å². The SMILES string of the molecule is Nc1nc2c(ncn2[C@@H]2O[C@H](COP(=O)(O)O)[C@H](O)C2F)c(=O)[nH]1. The topological polar surface area (TPSA) is 186 Å². The molecular weight excluding hydrogens is 352 g/mol. The van der Waals surface area contributed by atoms with E-state index in [0.717, 1.165) is 10.9 Å². The first-order valence-corrected chi connectivity index (χ1v) is 8.10. The Labute approximate surface area is 132 Å². The van der Waals surface area contributed by atoms with E-state index in [2.05, 4.69) is 19.5 Å². The number of aromatic amines is 1. The molecule has 1 unspecified atom stereocenters. The molecule has 2 aromatic rings. The average Bonchev–Trinajstić information content (AvgIpc) is 3.00. The normalized spacial score (nSPS) is 27.8. The first kappa shape index (κ1) is 17.0. The summed E-state index contributed by atoms with van der Waals surface area (Å²) in [6.07, 6.45) is -5.37. The quantitative estimate of drug-likeness (QED) is 0.395. The minimum atomic E-state index is -4.80. The van der Waals surface area contributed by atoms with E-state index in [9.17, 15) is 18.9 Å². The number of aromatic nitrogens is 4. The van der Waals surface area contributed by atoms with Gasteiger partial charge in [-0.15, -0.1) is 0 Å². The molecule has 0 radical (unpaired) electrons.